The van der Waals surface area contributed by atoms with Crippen LogP contribution in [0.1, 0.15) is 18.4 Å². The van der Waals surface area contributed by atoms with Crippen molar-refractivity contribution in [3.63, 3.8) is 0 Å². The highest BCUT2D eigenvalue weighted by atomic mass is 16.5. The molecule has 25 heavy (non-hydrogen) atoms. The summed E-state index contributed by atoms with van der Waals surface area (Å²) < 4.78 is 11.2. The number of ether oxygens (including phenoxy) is 2. The monoisotopic (exact) mass is 336 g/mol. The number of rotatable bonds is 6. The molecule has 0 bridgehead atoms. The van der Waals surface area contributed by atoms with Gasteiger partial charge in [0.25, 0.3) is 0 Å². The van der Waals surface area contributed by atoms with Crippen LogP contribution < -0.4 is 9.47 Å². The fraction of sp³-hybridized carbons (Fsp3) is 0.381. The van der Waals surface area contributed by atoms with Gasteiger partial charge >= 0.3 is 0 Å². The van der Waals surface area contributed by atoms with E-state index in [0.717, 1.165) is 49.5 Å². The Hall–Kier alpha value is -2.51. The van der Waals surface area contributed by atoms with Gasteiger partial charge in [0.15, 0.2) is 11.5 Å². The molecule has 0 aromatic heterocycles. The van der Waals surface area contributed by atoms with Crippen molar-refractivity contribution >= 4 is 0 Å². The van der Waals surface area contributed by atoms with Crippen LogP contribution in [0.4, 0.5) is 0 Å². The average molecular weight is 336 g/mol. The first-order chi connectivity index (χ1) is 12.3. The largest absolute Gasteiger partial charge is 0.493 e. The van der Waals surface area contributed by atoms with E-state index in [2.05, 4.69) is 23.1 Å². The molecule has 0 amide bonds. The third-order valence-electron chi connectivity index (χ3n) is 4.98. The van der Waals surface area contributed by atoms with Gasteiger partial charge in [-0.1, -0.05) is 42.5 Å². The lowest BCUT2D eigenvalue weighted by atomic mass is 9.74. The molecule has 0 N–H and O–H groups in total. The molecule has 1 aliphatic rings. The van der Waals surface area contributed by atoms with Gasteiger partial charge in [0, 0.05) is 19.6 Å². The van der Waals surface area contributed by atoms with Gasteiger partial charge in [-0.05, 0) is 30.5 Å². The van der Waals surface area contributed by atoms with E-state index in [1.165, 1.54) is 0 Å². The van der Waals surface area contributed by atoms with Crippen LogP contribution in [0.15, 0.2) is 54.6 Å². The van der Waals surface area contributed by atoms with E-state index in [0.29, 0.717) is 6.61 Å². The number of piperidine rings is 1. The maximum Gasteiger partial charge on any atom is 0.161 e. The van der Waals surface area contributed by atoms with E-state index < -0.39 is 0 Å². The van der Waals surface area contributed by atoms with Crippen LogP contribution >= 0.6 is 0 Å². The predicted octanol–water partition coefficient (Wildman–Crippen LogP) is 3.63. The number of nitriles is 1. The van der Waals surface area contributed by atoms with Crippen LogP contribution in [-0.2, 0) is 5.41 Å². The second-order valence-corrected chi connectivity index (χ2v) is 6.40. The quantitative estimate of drug-likeness (QED) is 0.808. The fourth-order valence-electron chi connectivity index (χ4n) is 3.40. The van der Waals surface area contributed by atoms with E-state index in [-0.39, 0.29) is 5.41 Å². The summed E-state index contributed by atoms with van der Waals surface area (Å²) in [5.74, 6) is 1.53. The van der Waals surface area contributed by atoms with Crippen LogP contribution in [0.2, 0.25) is 0 Å². The summed E-state index contributed by atoms with van der Waals surface area (Å²) in [4.78, 5) is 2.37. The number of nitrogens with zero attached hydrogens (tertiary/aromatic N) is 2. The summed E-state index contributed by atoms with van der Waals surface area (Å²) in [6, 6.07) is 20.5. The lowest BCUT2D eigenvalue weighted by Gasteiger charge is -2.37. The molecule has 0 spiro atoms. The molecule has 4 nitrogen and oxygen atoms in total. The predicted molar refractivity (Wildman–Crippen MR) is 97.9 cm³/mol. The van der Waals surface area contributed by atoms with Crippen molar-refractivity contribution in [2.75, 3.05) is 33.4 Å². The van der Waals surface area contributed by atoms with Crippen LogP contribution in [0, 0.1) is 11.3 Å². The van der Waals surface area contributed by atoms with Gasteiger partial charge in [-0.25, -0.2) is 0 Å². The smallest absolute Gasteiger partial charge is 0.161 e. The third-order valence-corrected chi connectivity index (χ3v) is 4.98. The lowest BCUT2D eigenvalue weighted by molar-refractivity contribution is 0.154. The van der Waals surface area contributed by atoms with Gasteiger partial charge in [0.2, 0.25) is 0 Å². The van der Waals surface area contributed by atoms with Crippen LogP contribution in [0.3, 0.4) is 0 Å². The Morgan fingerprint density at radius 3 is 2.28 bits per heavy atom. The van der Waals surface area contributed by atoms with Gasteiger partial charge in [0.1, 0.15) is 6.61 Å². The number of hydrogen-bond acceptors (Lipinski definition) is 4. The van der Waals surface area contributed by atoms with Gasteiger partial charge in [-0.3, -0.25) is 4.90 Å². The molecule has 0 unspecified atom stereocenters. The van der Waals surface area contributed by atoms with E-state index in [9.17, 15) is 5.26 Å². The van der Waals surface area contributed by atoms with Crippen molar-refractivity contribution in [1.82, 2.24) is 4.90 Å². The third kappa shape index (κ3) is 3.94. The van der Waals surface area contributed by atoms with Gasteiger partial charge < -0.3 is 9.47 Å². The summed E-state index contributed by atoms with van der Waals surface area (Å²) >= 11 is 0. The van der Waals surface area contributed by atoms with Crippen LogP contribution in [0.5, 0.6) is 11.5 Å². The Morgan fingerprint density at radius 2 is 1.64 bits per heavy atom. The standard InChI is InChI=1S/C21H24N2O2/c1-24-19-9-5-6-10-20(19)25-16-15-23-13-11-21(17-22,12-14-23)18-7-3-2-4-8-18/h2-10H,11-16H2,1H3. The Balaban J connectivity index is 1.52. The van der Waals surface area contributed by atoms with E-state index in [4.69, 9.17) is 9.47 Å². The minimum absolute atomic E-state index is 0.346. The highest BCUT2D eigenvalue weighted by Gasteiger charge is 2.36. The van der Waals surface area contributed by atoms with Crippen molar-refractivity contribution in [2.24, 2.45) is 0 Å². The first kappa shape index (κ1) is 17.3. The summed E-state index contributed by atoms with van der Waals surface area (Å²) in [6.45, 7) is 3.30. The normalized spacial score (nSPS) is 16.8. The Kier molecular flexibility index (Phi) is 5.57. The molecule has 4 heteroatoms. The summed E-state index contributed by atoms with van der Waals surface area (Å²) in [6.07, 6.45) is 1.73. The van der Waals surface area contributed by atoms with Crippen molar-refractivity contribution < 1.29 is 9.47 Å². The number of hydrogen-bond donors (Lipinski definition) is 0. The number of methoxy groups -OCH3 is 1. The maximum absolute atomic E-state index is 9.76. The van der Waals surface area contributed by atoms with E-state index >= 15 is 0 Å². The van der Waals surface area contributed by atoms with E-state index in [1.807, 2.05) is 42.5 Å². The molecule has 2 aromatic carbocycles. The molecular weight excluding hydrogens is 312 g/mol. The number of likely N-dealkylation sites (tertiary alicyclic amines) is 1. The van der Waals surface area contributed by atoms with E-state index in [1.54, 1.807) is 7.11 Å². The molecule has 0 atom stereocenters. The fourth-order valence-corrected chi connectivity index (χ4v) is 3.40. The van der Waals surface area contributed by atoms with Crippen LogP contribution in [0.25, 0.3) is 0 Å². The molecule has 2 aromatic rings. The zero-order chi connectivity index (χ0) is 17.5. The molecule has 1 aliphatic heterocycles. The van der Waals surface area contributed by atoms with Crippen LogP contribution in [-0.4, -0.2) is 38.3 Å². The first-order valence-corrected chi connectivity index (χ1v) is 8.72. The van der Waals surface area contributed by atoms with Gasteiger partial charge in [-0.15, -0.1) is 0 Å². The highest BCUT2D eigenvalue weighted by Crippen LogP contribution is 2.34. The molecule has 1 saturated heterocycles. The van der Waals surface area contributed by atoms with Crippen molar-refractivity contribution in [2.45, 2.75) is 18.3 Å². The summed E-state index contributed by atoms with van der Waals surface area (Å²) in [5, 5.41) is 9.76. The minimum Gasteiger partial charge on any atom is -0.493 e. The summed E-state index contributed by atoms with van der Waals surface area (Å²) in [7, 11) is 1.65. The molecule has 0 radical (unpaired) electrons. The molecule has 0 saturated carbocycles. The average Bonchev–Trinajstić information content (AvgIpc) is 2.70. The van der Waals surface area contributed by atoms with Crippen molar-refractivity contribution in [3.8, 4) is 17.6 Å². The lowest BCUT2D eigenvalue weighted by Crippen LogP contribution is -2.43. The zero-order valence-electron chi connectivity index (χ0n) is 14.6. The molecule has 1 heterocycles. The Morgan fingerprint density at radius 1 is 1.00 bits per heavy atom. The zero-order valence-corrected chi connectivity index (χ0v) is 14.6. The molecular formula is C21H24N2O2. The second-order valence-electron chi connectivity index (χ2n) is 6.40. The number of benzene rings is 2. The Labute approximate surface area is 149 Å². The molecule has 1 fully saturated rings. The maximum atomic E-state index is 9.76. The second kappa shape index (κ2) is 8.04. The van der Waals surface area contributed by atoms with Crippen molar-refractivity contribution in [3.05, 3.63) is 60.2 Å². The number of para-hydroxylation sites is 2. The molecule has 130 valence electrons. The summed E-state index contributed by atoms with van der Waals surface area (Å²) in [5.41, 5.74) is 0.795. The Bertz CT molecular complexity index is 716. The highest BCUT2D eigenvalue weighted by molar-refractivity contribution is 5.39. The van der Waals surface area contributed by atoms with Gasteiger partial charge in [0.05, 0.1) is 18.6 Å². The first-order valence-electron chi connectivity index (χ1n) is 8.72. The minimum atomic E-state index is -0.346. The molecule has 0 aliphatic carbocycles. The topological polar surface area (TPSA) is 45.5 Å². The molecule has 3 rings (SSSR count). The SMILES string of the molecule is COc1ccccc1OCCN1CCC(C#N)(c2ccccc2)CC1. The van der Waals surface area contributed by atoms with Gasteiger partial charge in [-0.2, -0.15) is 5.26 Å². The van der Waals surface area contributed by atoms with Crippen molar-refractivity contribution in [1.29, 1.82) is 5.26 Å².